The predicted molar refractivity (Wildman–Crippen MR) is 267 cm³/mol. The van der Waals surface area contributed by atoms with Crippen LogP contribution in [-0.2, 0) is 5.41 Å². The van der Waals surface area contributed by atoms with Crippen LogP contribution >= 0.6 is 0 Å². The molecule has 0 bridgehead atoms. The summed E-state index contributed by atoms with van der Waals surface area (Å²) >= 11 is 0. The molecule has 0 spiro atoms. The average Bonchev–Trinajstić information content (AvgIpc) is 4.05. The van der Waals surface area contributed by atoms with Crippen LogP contribution in [0.3, 0.4) is 0 Å². The van der Waals surface area contributed by atoms with Gasteiger partial charge >= 0.3 is 0 Å². The van der Waals surface area contributed by atoms with Crippen LogP contribution in [0.2, 0.25) is 0 Å². The molecule has 11 aromatic rings. The van der Waals surface area contributed by atoms with Gasteiger partial charge in [-0.2, -0.15) is 0 Å². The Hall–Kier alpha value is -8.02. The molecule has 11 rings (SSSR count). The molecule has 0 unspecified atom stereocenters. The van der Waals surface area contributed by atoms with Crippen molar-refractivity contribution in [3.05, 3.63) is 223 Å². The summed E-state index contributed by atoms with van der Waals surface area (Å²) in [7, 11) is 0. The Morgan fingerprint density at radius 1 is 0.600 bits per heavy atom. The van der Waals surface area contributed by atoms with Crippen LogP contribution in [0.5, 0.6) is 11.5 Å². The molecule has 5 heteroatoms. The van der Waals surface area contributed by atoms with Crippen molar-refractivity contribution in [2.45, 2.75) is 39.9 Å². The summed E-state index contributed by atoms with van der Waals surface area (Å²) in [5, 5.41) is 2.10. The predicted octanol–water partition coefficient (Wildman–Crippen LogP) is 14.9. The summed E-state index contributed by atoms with van der Waals surface area (Å²) in [5.74, 6) is 1.84. The molecule has 0 atom stereocenters. The van der Waals surface area contributed by atoms with Crippen molar-refractivity contribution in [2.24, 2.45) is 0 Å². The van der Waals surface area contributed by atoms with E-state index >= 15 is 0 Å². The van der Waals surface area contributed by atoms with Crippen LogP contribution in [0.1, 0.15) is 52.5 Å². The van der Waals surface area contributed by atoms with E-state index < -0.39 is 43.9 Å². The first-order valence-electron chi connectivity index (χ1n) is 26.9. The Morgan fingerprint density at radius 2 is 1.29 bits per heavy atom. The van der Waals surface area contributed by atoms with Gasteiger partial charge in [0.05, 0.1) is 40.3 Å². The second-order valence-corrected chi connectivity index (χ2v) is 17.0. The zero-order valence-electron chi connectivity index (χ0n) is 46.9. The normalized spacial score (nSPS) is 14.6. The van der Waals surface area contributed by atoms with Gasteiger partial charge in [-0.05, 0) is 124 Å². The first kappa shape index (κ1) is 29.4. The summed E-state index contributed by atoms with van der Waals surface area (Å²) in [6.07, 6.45) is 5.37. The molecule has 65 heavy (non-hydrogen) atoms. The van der Waals surface area contributed by atoms with Crippen molar-refractivity contribution in [3.63, 3.8) is 0 Å². The summed E-state index contributed by atoms with van der Waals surface area (Å²) in [4.78, 5) is 4.84. The van der Waals surface area contributed by atoms with Crippen LogP contribution in [0.4, 0.5) is 0 Å². The number of fused-ring (bicyclic) bond motifs is 4. The van der Waals surface area contributed by atoms with Gasteiger partial charge in [0.1, 0.15) is 17.3 Å². The quantitative estimate of drug-likeness (QED) is 0.113. The number of benzene rings is 8. The standard InChI is InChI=1S/C60H48N4O/c1-40-18-9-10-24-47(40)51-27-15-19-41(2)58(51)52-28-17-31-55-59(52)63(53-29-13-11-25-48(53)42-20-7-6-8-21-42)39-62(55)44-22-16-23-45(37-44)65-46-32-33-50-49-26-12-14-30-54(49)64(56(50)38-46)57-36-43(34-35-61-57)60(3,4)5/h6-38H,1-5H3/i1D3,2D3,6D,7D,8D,20D,21D. The van der Waals surface area contributed by atoms with E-state index in [1.54, 1.807) is 75.9 Å². The minimum atomic E-state index is -2.68. The molecular weight excluding hydrogens is 793 g/mol. The Morgan fingerprint density at radius 3 is 2.15 bits per heavy atom. The van der Waals surface area contributed by atoms with E-state index in [9.17, 15) is 0 Å². The number of aromatic nitrogens is 4. The van der Waals surface area contributed by atoms with E-state index in [2.05, 4.69) is 49.9 Å². The number of aryl methyl sites for hydroxylation is 2. The number of para-hydroxylation sites is 3. The molecule has 3 heterocycles. The maximum absolute atomic E-state index is 9.05. The van der Waals surface area contributed by atoms with Gasteiger partial charge in [0.15, 0.2) is 0 Å². The molecule has 314 valence electrons. The topological polar surface area (TPSA) is 35.9 Å². The maximum Gasteiger partial charge on any atom is 0.269 e. The highest BCUT2D eigenvalue weighted by molar-refractivity contribution is 6.09. The van der Waals surface area contributed by atoms with Gasteiger partial charge in [0.25, 0.3) is 6.33 Å². The lowest BCUT2D eigenvalue weighted by Gasteiger charge is -2.20. The molecule has 0 saturated carbocycles. The van der Waals surface area contributed by atoms with Crippen molar-refractivity contribution < 1.29 is 24.4 Å². The monoisotopic (exact) mass is 851 g/mol. The summed E-state index contributed by atoms with van der Waals surface area (Å²) in [6.45, 7) is 1.29. The molecule has 0 aliphatic heterocycles. The molecule has 0 amide bonds. The third-order valence-electron chi connectivity index (χ3n) is 11.9. The van der Waals surface area contributed by atoms with Gasteiger partial charge in [-0.25, -0.2) is 4.98 Å². The van der Waals surface area contributed by atoms with Gasteiger partial charge in [-0.15, -0.1) is 0 Å². The lowest BCUT2D eigenvalue weighted by molar-refractivity contribution is -0.571. The lowest BCUT2D eigenvalue weighted by atomic mass is 9.88. The van der Waals surface area contributed by atoms with Crippen LogP contribution in [0.15, 0.2) is 200 Å². The Labute approximate surface area is 395 Å². The maximum atomic E-state index is 9.05. The molecule has 0 saturated heterocycles. The molecule has 3 aromatic heterocycles. The highest BCUT2D eigenvalue weighted by atomic mass is 16.5. The molecule has 0 aliphatic carbocycles. The zero-order valence-corrected chi connectivity index (χ0v) is 35.9. The van der Waals surface area contributed by atoms with E-state index in [-0.39, 0.29) is 33.2 Å². The second kappa shape index (κ2) is 16.0. The Bertz CT molecular complexity index is 4100. The third kappa shape index (κ3) is 7.06. The zero-order chi connectivity index (χ0) is 53.6. The van der Waals surface area contributed by atoms with Crippen molar-refractivity contribution in [1.29, 1.82) is 0 Å². The van der Waals surface area contributed by atoms with Gasteiger partial charge in [0.2, 0.25) is 0 Å². The van der Waals surface area contributed by atoms with E-state index in [1.807, 2.05) is 72.9 Å². The highest BCUT2D eigenvalue weighted by Crippen LogP contribution is 2.41. The summed E-state index contributed by atoms with van der Waals surface area (Å²) in [5.41, 5.74) is 6.50. The first-order chi connectivity index (χ1) is 36.2. The molecule has 0 radical (unpaired) electrons. The lowest BCUT2D eigenvalue weighted by Crippen LogP contribution is -2.31. The number of ether oxygens (including phenoxy) is 1. The second-order valence-electron chi connectivity index (χ2n) is 17.0. The average molecular weight is 852 g/mol. The highest BCUT2D eigenvalue weighted by Gasteiger charge is 2.23. The molecule has 0 aliphatic rings. The van der Waals surface area contributed by atoms with Gasteiger partial charge < -0.3 is 4.74 Å². The third-order valence-corrected chi connectivity index (χ3v) is 11.9. The molecular formula is C60H48N4O. The number of hydrogen-bond acceptors (Lipinski definition) is 2. The van der Waals surface area contributed by atoms with Crippen LogP contribution < -0.4 is 9.30 Å². The SMILES string of the molecule is [2H]c1c([2H])c([2H])c(-c2ccccc2-[n+]2[c-]n(-c3cccc(Oc4ccc5c6ccccc6n(-c6cc(C(C)(C)C)ccn6)c5c4)c3)c3cccc(-c4c(-c5ccccc5C([2H])([2H])[2H])cccc4C([2H])([2H])[2H])c32)c([2H])c1[2H]. The largest absolute Gasteiger partial charge is 0.458 e. The van der Waals surface area contributed by atoms with E-state index in [0.29, 0.717) is 50.6 Å². The van der Waals surface area contributed by atoms with E-state index in [4.69, 9.17) is 24.8 Å². The van der Waals surface area contributed by atoms with Crippen molar-refractivity contribution in [2.75, 3.05) is 0 Å². The van der Waals surface area contributed by atoms with Crippen molar-refractivity contribution >= 4 is 32.8 Å². The minimum Gasteiger partial charge on any atom is -0.458 e. The first-order valence-corrected chi connectivity index (χ1v) is 21.4. The summed E-state index contributed by atoms with van der Waals surface area (Å²) in [6, 6.07) is 47.2. The fraction of sp³-hybridized carbons (Fsp3) is 0.100. The Kier molecular flexibility index (Phi) is 7.21. The van der Waals surface area contributed by atoms with Crippen LogP contribution in [-0.4, -0.2) is 14.1 Å². The van der Waals surface area contributed by atoms with E-state index in [1.165, 1.54) is 12.1 Å². The number of imidazole rings is 1. The van der Waals surface area contributed by atoms with Crippen LogP contribution in [0.25, 0.3) is 83.4 Å². The molecule has 8 aromatic carbocycles. The minimum absolute atomic E-state index is 0.0276. The number of pyridine rings is 1. The fourth-order valence-corrected chi connectivity index (χ4v) is 8.86. The fourth-order valence-electron chi connectivity index (χ4n) is 8.86. The molecule has 0 fully saturated rings. The van der Waals surface area contributed by atoms with Gasteiger partial charge in [-0.3, -0.25) is 13.7 Å². The van der Waals surface area contributed by atoms with Crippen molar-refractivity contribution in [1.82, 2.24) is 14.1 Å². The number of hydrogen-bond donors (Lipinski definition) is 0. The summed E-state index contributed by atoms with van der Waals surface area (Å²) < 4.78 is 108. The Balaban J connectivity index is 1.14. The van der Waals surface area contributed by atoms with Crippen molar-refractivity contribution in [3.8, 4) is 62.1 Å². The van der Waals surface area contributed by atoms with Crippen LogP contribution in [0, 0.1) is 20.0 Å². The molecule has 0 N–H and O–H groups in total. The van der Waals surface area contributed by atoms with E-state index in [0.717, 1.165) is 33.2 Å². The molecule has 5 nitrogen and oxygen atoms in total. The number of nitrogens with zero attached hydrogens (tertiary/aromatic N) is 4. The smallest absolute Gasteiger partial charge is 0.269 e. The van der Waals surface area contributed by atoms with Gasteiger partial charge in [0, 0.05) is 31.3 Å². The van der Waals surface area contributed by atoms with Gasteiger partial charge in [-0.1, -0.05) is 154 Å². The number of rotatable bonds is 8.